The molecule has 0 heterocycles. The number of unbranched alkanes of at least 4 members (excludes halogenated alkanes) is 15. The van der Waals surface area contributed by atoms with Gasteiger partial charge in [-0.05, 0) is 47.7 Å². The quantitative estimate of drug-likeness (QED) is 0.0578. The maximum atomic E-state index is 5.67. The van der Waals surface area contributed by atoms with E-state index < -0.39 is 0 Å². The zero-order chi connectivity index (χ0) is 28.8. The Morgan fingerprint density at radius 1 is 0.625 bits per heavy atom. The average Bonchev–Trinajstić information content (AvgIpc) is 2.99. The molecule has 0 atom stereocenters. The number of hydrogen-bond acceptors (Lipinski definition) is 4. The van der Waals surface area contributed by atoms with Crippen LogP contribution in [0.5, 0.6) is 17.2 Å². The molecule has 0 radical (unpaired) electrons. The van der Waals surface area contributed by atoms with Crippen molar-refractivity contribution < 1.29 is 14.2 Å². The van der Waals surface area contributed by atoms with Gasteiger partial charge < -0.3 is 14.2 Å². The molecule has 0 spiro atoms. The van der Waals surface area contributed by atoms with Gasteiger partial charge in [0.05, 0.1) is 21.3 Å². The number of aryl methyl sites for hydroxylation is 1. The first-order valence-corrected chi connectivity index (χ1v) is 16.1. The Hall–Kier alpha value is -2.33. The molecule has 0 aromatic heterocycles. The molecule has 222 valence electrons. The van der Waals surface area contributed by atoms with Crippen molar-refractivity contribution in [1.29, 1.82) is 0 Å². The highest BCUT2D eigenvalue weighted by molar-refractivity contribution is 7.81. The first-order valence-electron chi connectivity index (χ1n) is 15.7. The van der Waals surface area contributed by atoms with Crippen LogP contribution in [0.15, 0.2) is 42.5 Å². The van der Waals surface area contributed by atoms with E-state index in [1.807, 2.05) is 24.3 Å². The lowest BCUT2D eigenvalue weighted by atomic mass is 10.0. The number of rotatable bonds is 23. The van der Waals surface area contributed by atoms with E-state index in [-0.39, 0.29) is 0 Å². The standard InChI is InChI=1S/C36H54O3S/c1-5-6-7-8-9-10-11-12-13-14-15-16-17-18-19-20-21-30-22-25-32(26-23-30)35(40)27-24-31-28-33(37-2)36(39-4)34(29-31)38-3/h22-29H,5-21H2,1-4H3. The van der Waals surface area contributed by atoms with Gasteiger partial charge in [-0.1, -0.05) is 146 Å². The molecule has 3 nitrogen and oxygen atoms in total. The lowest BCUT2D eigenvalue weighted by molar-refractivity contribution is 0.324. The van der Waals surface area contributed by atoms with Gasteiger partial charge in [0.1, 0.15) is 0 Å². The lowest BCUT2D eigenvalue weighted by Crippen LogP contribution is -1.96. The lowest BCUT2D eigenvalue weighted by Gasteiger charge is -2.12. The highest BCUT2D eigenvalue weighted by Gasteiger charge is 2.12. The minimum Gasteiger partial charge on any atom is -0.493 e. The zero-order valence-electron chi connectivity index (χ0n) is 25.8. The summed E-state index contributed by atoms with van der Waals surface area (Å²) in [6, 6.07) is 12.6. The highest BCUT2D eigenvalue weighted by atomic mass is 32.1. The minimum atomic E-state index is 0.588. The molecule has 0 saturated heterocycles. The molecule has 0 fully saturated rings. The Labute approximate surface area is 250 Å². The van der Waals surface area contributed by atoms with Gasteiger partial charge in [-0.25, -0.2) is 0 Å². The largest absolute Gasteiger partial charge is 0.493 e. The van der Waals surface area contributed by atoms with E-state index in [1.165, 1.54) is 108 Å². The Morgan fingerprint density at radius 2 is 1.07 bits per heavy atom. The van der Waals surface area contributed by atoms with Crippen LogP contribution in [0.1, 0.15) is 126 Å². The average molecular weight is 567 g/mol. The number of allylic oxidation sites excluding steroid dienone is 1. The summed E-state index contributed by atoms with van der Waals surface area (Å²) in [4.78, 5) is 0.808. The number of benzene rings is 2. The predicted octanol–water partition coefficient (Wildman–Crippen LogP) is 10.9. The van der Waals surface area contributed by atoms with Crippen molar-refractivity contribution in [2.75, 3.05) is 21.3 Å². The van der Waals surface area contributed by atoms with E-state index >= 15 is 0 Å². The smallest absolute Gasteiger partial charge is 0.203 e. The maximum absolute atomic E-state index is 5.67. The van der Waals surface area contributed by atoms with Gasteiger partial charge in [-0.15, -0.1) is 0 Å². The van der Waals surface area contributed by atoms with Gasteiger partial charge in [0.15, 0.2) is 11.5 Å². The summed E-state index contributed by atoms with van der Waals surface area (Å²) < 4.78 is 16.3. The molecule has 0 aliphatic carbocycles. The summed E-state index contributed by atoms with van der Waals surface area (Å²) in [5, 5.41) is 0. The minimum absolute atomic E-state index is 0.588. The molecule has 0 N–H and O–H groups in total. The topological polar surface area (TPSA) is 27.7 Å². The van der Waals surface area contributed by atoms with E-state index in [4.69, 9.17) is 26.4 Å². The molecule has 0 amide bonds. The van der Waals surface area contributed by atoms with Crippen LogP contribution in [0, 0.1) is 0 Å². The van der Waals surface area contributed by atoms with E-state index in [9.17, 15) is 0 Å². The fraction of sp³-hybridized carbons (Fsp3) is 0.583. The van der Waals surface area contributed by atoms with Crippen LogP contribution in [0.4, 0.5) is 0 Å². The highest BCUT2D eigenvalue weighted by Crippen LogP contribution is 2.38. The van der Waals surface area contributed by atoms with E-state index in [0.29, 0.717) is 17.2 Å². The normalized spacial score (nSPS) is 11.2. The van der Waals surface area contributed by atoms with Crippen LogP contribution >= 0.6 is 12.2 Å². The first-order chi connectivity index (χ1) is 19.6. The first kappa shape index (κ1) is 33.9. The molecule has 2 aromatic rings. The zero-order valence-corrected chi connectivity index (χ0v) is 26.6. The van der Waals surface area contributed by atoms with Gasteiger partial charge in [0.25, 0.3) is 0 Å². The van der Waals surface area contributed by atoms with Gasteiger partial charge in [0.2, 0.25) is 5.75 Å². The SMILES string of the molecule is CCCCCCCCCCCCCCCCCCc1ccc(C(=S)C=Cc2cc(OC)c(OC)c(OC)c2)cc1. The van der Waals surface area contributed by atoms with Crippen LogP contribution in [0.3, 0.4) is 0 Å². The van der Waals surface area contributed by atoms with E-state index in [2.05, 4.69) is 31.2 Å². The van der Waals surface area contributed by atoms with Gasteiger partial charge in [-0.3, -0.25) is 0 Å². The molecule has 0 unspecified atom stereocenters. The second kappa shape index (κ2) is 21.4. The summed E-state index contributed by atoms with van der Waals surface area (Å²) in [7, 11) is 4.85. The summed E-state index contributed by atoms with van der Waals surface area (Å²) in [5.74, 6) is 1.85. The van der Waals surface area contributed by atoms with Gasteiger partial charge in [-0.2, -0.15) is 0 Å². The van der Waals surface area contributed by atoms with Crippen LogP contribution in [0.2, 0.25) is 0 Å². The predicted molar refractivity (Wildman–Crippen MR) is 177 cm³/mol. The Balaban J connectivity index is 1.58. The summed E-state index contributed by atoms with van der Waals surface area (Å²) in [6.07, 6.45) is 27.6. The van der Waals surface area contributed by atoms with Gasteiger partial charge >= 0.3 is 0 Å². The van der Waals surface area contributed by atoms with Crippen molar-refractivity contribution in [2.24, 2.45) is 0 Å². The monoisotopic (exact) mass is 566 g/mol. The summed E-state index contributed by atoms with van der Waals surface area (Å²) in [5.41, 5.74) is 3.40. The maximum Gasteiger partial charge on any atom is 0.203 e. The molecular weight excluding hydrogens is 512 g/mol. The van der Waals surface area contributed by atoms with Crippen LogP contribution in [-0.2, 0) is 6.42 Å². The Kier molecular flexibility index (Phi) is 18.1. The summed E-state index contributed by atoms with van der Waals surface area (Å²) in [6.45, 7) is 2.29. The number of methoxy groups -OCH3 is 3. The summed E-state index contributed by atoms with van der Waals surface area (Å²) >= 11 is 5.67. The molecule has 0 aliphatic heterocycles. The fourth-order valence-corrected chi connectivity index (χ4v) is 5.38. The van der Waals surface area contributed by atoms with E-state index in [1.54, 1.807) is 21.3 Å². The molecule has 2 aromatic carbocycles. The molecule has 40 heavy (non-hydrogen) atoms. The second-order valence-electron chi connectivity index (χ2n) is 10.9. The Bertz CT molecular complexity index is 955. The fourth-order valence-electron chi connectivity index (χ4n) is 5.18. The van der Waals surface area contributed by atoms with Crippen LogP contribution < -0.4 is 14.2 Å². The molecule has 0 saturated carbocycles. The van der Waals surface area contributed by atoms with Crippen LogP contribution in [-0.4, -0.2) is 26.2 Å². The van der Waals surface area contributed by atoms with Crippen molar-refractivity contribution in [1.82, 2.24) is 0 Å². The third-order valence-corrected chi connectivity index (χ3v) is 8.04. The Morgan fingerprint density at radius 3 is 1.50 bits per heavy atom. The number of thiocarbonyl (C=S) groups is 1. The molecule has 4 heteroatoms. The van der Waals surface area contributed by atoms with Crippen molar-refractivity contribution in [3.8, 4) is 17.2 Å². The number of hydrogen-bond donors (Lipinski definition) is 0. The molecule has 0 bridgehead atoms. The molecular formula is C36H54O3S. The van der Waals surface area contributed by atoms with Crippen molar-refractivity contribution in [3.63, 3.8) is 0 Å². The van der Waals surface area contributed by atoms with Crippen molar-refractivity contribution >= 4 is 23.2 Å². The van der Waals surface area contributed by atoms with Crippen molar-refractivity contribution in [2.45, 2.75) is 116 Å². The third-order valence-electron chi connectivity index (χ3n) is 7.67. The van der Waals surface area contributed by atoms with Crippen molar-refractivity contribution in [3.05, 3.63) is 59.2 Å². The molecule has 2 rings (SSSR count). The van der Waals surface area contributed by atoms with Crippen LogP contribution in [0.25, 0.3) is 6.08 Å². The second-order valence-corrected chi connectivity index (χ2v) is 11.3. The molecule has 0 aliphatic rings. The third kappa shape index (κ3) is 13.4. The van der Waals surface area contributed by atoms with E-state index in [0.717, 1.165) is 22.4 Å². The number of ether oxygens (including phenoxy) is 3. The van der Waals surface area contributed by atoms with Gasteiger partial charge in [0, 0.05) is 4.86 Å².